The van der Waals surface area contributed by atoms with Crippen LogP contribution in [0.4, 0.5) is 0 Å². The minimum Gasteiger partial charge on any atom is -0.493 e. The van der Waals surface area contributed by atoms with Crippen LogP contribution in [-0.2, 0) is 13.0 Å². The summed E-state index contributed by atoms with van der Waals surface area (Å²) in [4.78, 5) is 10.9. The summed E-state index contributed by atoms with van der Waals surface area (Å²) >= 11 is 9.43. The summed E-state index contributed by atoms with van der Waals surface area (Å²) in [5, 5.41) is 0.683. The molecule has 0 spiro atoms. The summed E-state index contributed by atoms with van der Waals surface area (Å²) < 4.78 is 12.1. The van der Waals surface area contributed by atoms with Gasteiger partial charge in [-0.15, -0.1) is 0 Å². The lowest BCUT2D eigenvalue weighted by atomic mass is 10.1. The van der Waals surface area contributed by atoms with Crippen molar-refractivity contribution in [2.24, 2.45) is 0 Å². The van der Waals surface area contributed by atoms with E-state index in [0.29, 0.717) is 29.5 Å². The van der Waals surface area contributed by atoms with Crippen LogP contribution < -0.4 is 9.47 Å². The number of ether oxygens (including phenoxy) is 2. The van der Waals surface area contributed by atoms with Gasteiger partial charge in [-0.2, -0.15) is 0 Å². The van der Waals surface area contributed by atoms with Crippen molar-refractivity contribution < 1.29 is 14.3 Å². The second kappa shape index (κ2) is 6.08. The molecule has 0 saturated heterocycles. The number of aldehydes is 1. The highest BCUT2D eigenvalue weighted by Gasteiger charge is 2.18. The Hall–Kier alpha value is -1.52. The predicted octanol–water partition coefficient (Wildman–Crippen LogP) is 4.43. The molecule has 2 aromatic rings. The van der Waals surface area contributed by atoms with Crippen LogP contribution in [-0.4, -0.2) is 12.9 Å². The number of fused-ring (bicyclic) bond motifs is 1. The van der Waals surface area contributed by atoms with E-state index in [-0.39, 0.29) is 0 Å². The van der Waals surface area contributed by atoms with Crippen LogP contribution >= 0.6 is 27.5 Å². The zero-order chi connectivity index (χ0) is 14.8. The fourth-order valence-electron chi connectivity index (χ4n) is 2.32. The molecular weight excluding hydrogens is 356 g/mol. The minimum atomic E-state index is 0.350. The Balaban J connectivity index is 1.81. The monoisotopic (exact) mass is 366 g/mol. The molecule has 0 radical (unpaired) electrons. The molecule has 3 nitrogen and oxygen atoms in total. The Morgan fingerprint density at radius 3 is 3.00 bits per heavy atom. The molecule has 0 N–H and O–H groups in total. The Morgan fingerprint density at radius 1 is 1.33 bits per heavy atom. The molecule has 21 heavy (non-hydrogen) atoms. The van der Waals surface area contributed by atoms with Gasteiger partial charge in [0.05, 0.1) is 6.61 Å². The van der Waals surface area contributed by atoms with Crippen molar-refractivity contribution in [3.63, 3.8) is 0 Å². The molecule has 0 unspecified atom stereocenters. The molecule has 108 valence electrons. The maximum atomic E-state index is 10.9. The molecule has 0 fully saturated rings. The SMILES string of the molecule is O=Cc1cc(OCc2cc(Cl)cc3c2OCC3)ccc1Br. The first-order valence-corrected chi connectivity index (χ1v) is 7.66. The van der Waals surface area contributed by atoms with Gasteiger partial charge in [-0.1, -0.05) is 27.5 Å². The average Bonchev–Trinajstić information content (AvgIpc) is 2.94. The van der Waals surface area contributed by atoms with E-state index < -0.39 is 0 Å². The molecule has 0 amide bonds. The van der Waals surface area contributed by atoms with Crippen molar-refractivity contribution in [2.45, 2.75) is 13.0 Å². The van der Waals surface area contributed by atoms with Crippen LogP contribution in [0.15, 0.2) is 34.8 Å². The van der Waals surface area contributed by atoms with Gasteiger partial charge in [0.15, 0.2) is 6.29 Å². The van der Waals surface area contributed by atoms with Crippen molar-refractivity contribution in [1.29, 1.82) is 0 Å². The summed E-state index contributed by atoms with van der Waals surface area (Å²) in [5.74, 6) is 1.50. The fourth-order valence-corrected chi connectivity index (χ4v) is 2.92. The summed E-state index contributed by atoms with van der Waals surface area (Å²) in [6.45, 7) is 1.03. The number of rotatable bonds is 4. The number of hydrogen-bond acceptors (Lipinski definition) is 3. The lowest BCUT2D eigenvalue weighted by molar-refractivity contribution is 0.112. The molecule has 0 aromatic heterocycles. The summed E-state index contributed by atoms with van der Waals surface area (Å²) in [6.07, 6.45) is 1.66. The van der Waals surface area contributed by atoms with Crippen LogP contribution in [0, 0.1) is 0 Å². The second-order valence-electron chi connectivity index (χ2n) is 4.74. The normalized spacial score (nSPS) is 12.7. The Bertz CT molecular complexity index is 700. The van der Waals surface area contributed by atoms with E-state index in [4.69, 9.17) is 21.1 Å². The largest absolute Gasteiger partial charge is 0.493 e. The van der Waals surface area contributed by atoms with E-state index in [1.165, 1.54) is 0 Å². The van der Waals surface area contributed by atoms with Crippen molar-refractivity contribution >= 4 is 33.8 Å². The molecule has 1 aliphatic rings. The van der Waals surface area contributed by atoms with Crippen LogP contribution in [0.1, 0.15) is 21.5 Å². The fraction of sp³-hybridized carbons (Fsp3) is 0.188. The molecule has 3 rings (SSSR count). The van der Waals surface area contributed by atoms with E-state index in [9.17, 15) is 4.79 Å². The standard InChI is InChI=1S/C16H12BrClO3/c17-15-2-1-14(7-11(15)8-19)21-9-12-6-13(18)5-10-3-4-20-16(10)12/h1-2,5-8H,3-4,9H2. The van der Waals surface area contributed by atoms with Crippen LogP contribution in [0.2, 0.25) is 5.02 Å². The first kappa shape index (κ1) is 14.4. The number of carbonyl (C=O) groups is 1. The number of halogens is 2. The third-order valence-electron chi connectivity index (χ3n) is 3.31. The van der Waals surface area contributed by atoms with Gasteiger partial charge >= 0.3 is 0 Å². The van der Waals surface area contributed by atoms with E-state index in [1.807, 2.05) is 18.2 Å². The Morgan fingerprint density at radius 2 is 2.19 bits per heavy atom. The predicted molar refractivity (Wildman–Crippen MR) is 84.5 cm³/mol. The smallest absolute Gasteiger partial charge is 0.151 e. The second-order valence-corrected chi connectivity index (χ2v) is 6.03. The van der Waals surface area contributed by atoms with Crippen molar-refractivity contribution in [3.8, 4) is 11.5 Å². The average molecular weight is 368 g/mol. The number of hydrogen-bond donors (Lipinski definition) is 0. The maximum absolute atomic E-state index is 10.9. The van der Waals surface area contributed by atoms with Gasteiger partial charge in [-0.25, -0.2) is 0 Å². The first-order chi connectivity index (χ1) is 10.2. The Labute approximate surface area is 136 Å². The minimum absolute atomic E-state index is 0.350. The highest BCUT2D eigenvalue weighted by molar-refractivity contribution is 9.10. The van der Waals surface area contributed by atoms with Crippen molar-refractivity contribution in [2.75, 3.05) is 6.61 Å². The third-order valence-corrected chi connectivity index (χ3v) is 4.25. The van der Waals surface area contributed by atoms with E-state index in [0.717, 1.165) is 34.1 Å². The highest BCUT2D eigenvalue weighted by atomic mass is 79.9. The zero-order valence-electron chi connectivity index (χ0n) is 11.1. The highest BCUT2D eigenvalue weighted by Crippen LogP contribution is 2.33. The lowest BCUT2D eigenvalue weighted by Gasteiger charge is -2.11. The van der Waals surface area contributed by atoms with Gasteiger partial charge < -0.3 is 9.47 Å². The zero-order valence-corrected chi connectivity index (χ0v) is 13.4. The maximum Gasteiger partial charge on any atom is 0.151 e. The van der Waals surface area contributed by atoms with Gasteiger partial charge in [0.25, 0.3) is 0 Å². The molecule has 5 heteroatoms. The summed E-state index contributed by atoms with van der Waals surface area (Å²) in [5.41, 5.74) is 2.59. The van der Waals surface area contributed by atoms with Gasteiger partial charge in [-0.3, -0.25) is 4.79 Å². The molecule has 1 aliphatic heterocycles. The van der Waals surface area contributed by atoms with Crippen LogP contribution in [0.25, 0.3) is 0 Å². The van der Waals surface area contributed by atoms with Crippen molar-refractivity contribution in [1.82, 2.24) is 0 Å². The summed E-state index contributed by atoms with van der Waals surface area (Å²) in [6, 6.07) is 9.08. The Kier molecular flexibility index (Phi) is 4.17. The molecule has 0 bridgehead atoms. The van der Waals surface area contributed by atoms with E-state index in [2.05, 4.69) is 15.9 Å². The molecule has 0 aliphatic carbocycles. The summed E-state index contributed by atoms with van der Waals surface area (Å²) in [7, 11) is 0. The number of benzene rings is 2. The molecule has 0 saturated carbocycles. The third kappa shape index (κ3) is 3.06. The van der Waals surface area contributed by atoms with E-state index >= 15 is 0 Å². The van der Waals surface area contributed by atoms with Gasteiger partial charge in [0.1, 0.15) is 18.1 Å². The number of carbonyl (C=O) groups excluding carboxylic acids is 1. The van der Waals surface area contributed by atoms with Gasteiger partial charge in [0, 0.05) is 27.0 Å². The van der Waals surface area contributed by atoms with Crippen LogP contribution in [0.5, 0.6) is 11.5 Å². The molecule has 2 aromatic carbocycles. The molecule has 1 heterocycles. The molecular formula is C16H12BrClO3. The van der Waals surface area contributed by atoms with Crippen LogP contribution in [0.3, 0.4) is 0 Å². The first-order valence-electron chi connectivity index (χ1n) is 6.49. The lowest BCUT2D eigenvalue weighted by Crippen LogP contribution is -1.99. The van der Waals surface area contributed by atoms with Gasteiger partial charge in [0.2, 0.25) is 0 Å². The topological polar surface area (TPSA) is 35.5 Å². The van der Waals surface area contributed by atoms with E-state index in [1.54, 1.807) is 12.1 Å². The van der Waals surface area contributed by atoms with Gasteiger partial charge in [-0.05, 0) is 35.9 Å². The quantitative estimate of drug-likeness (QED) is 0.750. The molecule has 0 atom stereocenters. The van der Waals surface area contributed by atoms with Crippen molar-refractivity contribution in [3.05, 3.63) is 56.5 Å².